The van der Waals surface area contributed by atoms with Gasteiger partial charge in [0.15, 0.2) is 0 Å². The molecule has 0 bridgehead atoms. The molecule has 5 nitrogen and oxygen atoms in total. The maximum Gasteiger partial charge on any atom is 0.416 e. The van der Waals surface area contributed by atoms with Gasteiger partial charge >= 0.3 is 12.1 Å². The SMILES string of the molecule is COC(=O)c1cc(CNCCCn2ccnc2)cc(C(F)(F)F)c1. The topological polar surface area (TPSA) is 56.1 Å². The predicted molar refractivity (Wildman–Crippen MR) is 81.3 cm³/mol. The maximum absolute atomic E-state index is 12.9. The predicted octanol–water partition coefficient (Wildman–Crippen LogP) is 2.87. The second-order valence-electron chi connectivity index (χ2n) is 5.24. The van der Waals surface area contributed by atoms with Crippen LogP contribution in [0.3, 0.4) is 0 Å². The zero-order chi connectivity index (χ0) is 17.6. The Morgan fingerprint density at radius 2 is 2.12 bits per heavy atom. The van der Waals surface area contributed by atoms with E-state index in [0.717, 1.165) is 32.2 Å². The molecule has 1 heterocycles. The molecule has 130 valence electrons. The number of nitrogens with one attached hydrogen (secondary N) is 1. The van der Waals surface area contributed by atoms with Crippen molar-refractivity contribution in [1.82, 2.24) is 14.9 Å². The highest BCUT2D eigenvalue weighted by Gasteiger charge is 2.31. The summed E-state index contributed by atoms with van der Waals surface area (Å²) < 4.78 is 45.2. The lowest BCUT2D eigenvalue weighted by molar-refractivity contribution is -0.137. The van der Waals surface area contributed by atoms with Gasteiger partial charge in [0.25, 0.3) is 0 Å². The van der Waals surface area contributed by atoms with Gasteiger partial charge in [-0.25, -0.2) is 9.78 Å². The summed E-state index contributed by atoms with van der Waals surface area (Å²) in [5.74, 6) is -0.789. The first-order valence-electron chi connectivity index (χ1n) is 7.36. The number of esters is 1. The molecule has 0 aliphatic heterocycles. The van der Waals surface area contributed by atoms with Crippen molar-refractivity contribution >= 4 is 5.97 Å². The Morgan fingerprint density at radius 1 is 1.33 bits per heavy atom. The number of alkyl halides is 3. The van der Waals surface area contributed by atoms with Crippen molar-refractivity contribution < 1.29 is 22.7 Å². The van der Waals surface area contributed by atoms with E-state index in [1.54, 1.807) is 12.5 Å². The lowest BCUT2D eigenvalue weighted by Gasteiger charge is -2.12. The third kappa shape index (κ3) is 5.09. The molecule has 0 aliphatic carbocycles. The molecule has 0 saturated heterocycles. The van der Waals surface area contributed by atoms with Gasteiger partial charge in [-0.1, -0.05) is 0 Å². The van der Waals surface area contributed by atoms with Gasteiger partial charge in [0, 0.05) is 25.5 Å². The Kier molecular flexibility index (Phi) is 5.97. The summed E-state index contributed by atoms with van der Waals surface area (Å²) in [7, 11) is 1.14. The van der Waals surface area contributed by atoms with Crippen LogP contribution in [0.1, 0.15) is 27.9 Å². The average Bonchev–Trinajstić information content (AvgIpc) is 3.06. The van der Waals surface area contributed by atoms with E-state index < -0.39 is 17.7 Å². The van der Waals surface area contributed by atoms with Crippen molar-refractivity contribution in [2.75, 3.05) is 13.7 Å². The van der Waals surface area contributed by atoms with Crippen molar-refractivity contribution in [3.63, 3.8) is 0 Å². The second-order valence-corrected chi connectivity index (χ2v) is 5.24. The lowest BCUT2D eigenvalue weighted by Crippen LogP contribution is -2.18. The van der Waals surface area contributed by atoms with E-state index >= 15 is 0 Å². The van der Waals surface area contributed by atoms with E-state index in [1.807, 2.05) is 10.8 Å². The largest absolute Gasteiger partial charge is 0.465 e. The molecule has 1 aromatic heterocycles. The fourth-order valence-corrected chi connectivity index (χ4v) is 2.23. The average molecular weight is 341 g/mol. The molecule has 0 spiro atoms. The summed E-state index contributed by atoms with van der Waals surface area (Å²) in [5, 5.41) is 3.07. The normalized spacial score (nSPS) is 11.5. The maximum atomic E-state index is 12.9. The minimum absolute atomic E-state index is 0.109. The molecule has 24 heavy (non-hydrogen) atoms. The van der Waals surface area contributed by atoms with Gasteiger partial charge in [-0.2, -0.15) is 13.2 Å². The molecule has 0 amide bonds. The Morgan fingerprint density at radius 3 is 2.75 bits per heavy atom. The van der Waals surface area contributed by atoms with Crippen LogP contribution in [0, 0.1) is 0 Å². The quantitative estimate of drug-likeness (QED) is 0.621. The number of hydrogen-bond acceptors (Lipinski definition) is 4. The third-order valence-electron chi connectivity index (χ3n) is 3.40. The summed E-state index contributed by atoms with van der Waals surface area (Å²) in [6.45, 7) is 1.63. The van der Waals surface area contributed by atoms with Crippen LogP contribution in [0.2, 0.25) is 0 Å². The second kappa shape index (κ2) is 7.96. The van der Waals surface area contributed by atoms with Crippen LogP contribution in [0.25, 0.3) is 0 Å². The Labute approximate surface area is 137 Å². The van der Waals surface area contributed by atoms with Gasteiger partial charge in [-0.05, 0) is 36.7 Å². The van der Waals surface area contributed by atoms with E-state index in [-0.39, 0.29) is 12.1 Å². The number of carbonyl (C=O) groups excluding carboxylic acids is 1. The van der Waals surface area contributed by atoms with Crippen LogP contribution in [0.15, 0.2) is 36.9 Å². The van der Waals surface area contributed by atoms with E-state index in [1.165, 1.54) is 6.07 Å². The molecule has 0 aliphatic rings. The van der Waals surface area contributed by atoms with Crippen LogP contribution < -0.4 is 5.32 Å². The zero-order valence-corrected chi connectivity index (χ0v) is 13.1. The molecule has 2 aromatic rings. The number of rotatable bonds is 7. The van der Waals surface area contributed by atoms with Crippen molar-refractivity contribution in [1.29, 1.82) is 0 Å². The number of carbonyl (C=O) groups is 1. The fourth-order valence-electron chi connectivity index (χ4n) is 2.23. The smallest absolute Gasteiger partial charge is 0.416 e. The fraction of sp³-hybridized carbons (Fsp3) is 0.375. The number of benzene rings is 1. The molecule has 0 unspecified atom stereocenters. The summed E-state index contributed by atoms with van der Waals surface area (Å²) >= 11 is 0. The molecular weight excluding hydrogens is 323 g/mol. The minimum Gasteiger partial charge on any atom is -0.465 e. The number of halogens is 3. The molecule has 0 radical (unpaired) electrons. The first kappa shape index (κ1) is 18.0. The van der Waals surface area contributed by atoms with Crippen LogP contribution >= 0.6 is 0 Å². The van der Waals surface area contributed by atoms with Crippen LogP contribution in [0.4, 0.5) is 13.2 Å². The number of ether oxygens (including phenoxy) is 1. The van der Waals surface area contributed by atoms with Gasteiger partial charge in [0.05, 0.1) is 24.6 Å². The first-order chi connectivity index (χ1) is 11.4. The number of hydrogen-bond donors (Lipinski definition) is 1. The zero-order valence-electron chi connectivity index (χ0n) is 13.1. The Bertz CT molecular complexity index is 670. The van der Waals surface area contributed by atoms with E-state index in [0.29, 0.717) is 12.1 Å². The molecule has 0 atom stereocenters. The molecule has 1 aromatic carbocycles. The summed E-state index contributed by atoms with van der Waals surface area (Å²) in [6, 6.07) is 3.24. The third-order valence-corrected chi connectivity index (χ3v) is 3.40. The van der Waals surface area contributed by atoms with E-state index in [9.17, 15) is 18.0 Å². The number of methoxy groups -OCH3 is 1. The lowest BCUT2D eigenvalue weighted by atomic mass is 10.0. The van der Waals surface area contributed by atoms with Crippen molar-refractivity contribution in [3.8, 4) is 0 Å². The number of aromatic nitrogens is 2. The number of imidazole rings is 1. The van der Waals surface area contributed by atoms with Crippen molar-refractivity contribution in [2.24, 2.45) is 0 Å². The number of nitrogens with zero attached hydrogens (tertiary/aromatic N) is 2. The standard InChI is InChI=1S/C16H18F3N3O2/c1-24-15(23)13-7-12(8-14(9-13)16(17,18)19)10-20-3-2-5-22-6-4-21-11-22/h4,6-9,11,20H,2-3,5,10H2,1H3. The van der Waals surface area contributed by atoms with Crippen molar-refractivity contribution in [3.05, 3.63) is 53.6 Å². The van der Waals surface area contributed by atoms with Gasteiger partial charge in [-0.15, -0.1) is 0 Å². The van der Waals surface area contributed by atoms with Gasteiger partial charge in [0.1, 0.15) is 0 Å². The Balaban J connectivity index is 1.96. The van der Waals surface area contributed by atoms with Crippen LogP contribution in [-0.4, -0.2) is 29.2 Å². The molecule has 8 heteroatoms. The highest BCUT2D eigenvalue weighted by atomic mass is 19.4. The monoisotopic (exact) mass is 341 g/mol. The van der Waals surface area contributed by atoms with Gasteiger partial charge < -0.3 is 14.6 Å². The molecule has 2 rings (SSSR count). The minimum atomic E-state index is -4.51. The van der Waals surface area contributed by atoms with E-state index in [4.69, 9.17) is 0 Å². The Hall–Kier alpha value is -2.35. The summed E-state index contributed by atoms with van der Waals surface area (Å²) in [5.41, 5.74) is -0.587. The summed E-state index contributed by atoms with van der Waals surface area (Å²) in [6.07, 6.45) is 1.52. The van der Waals surface area contributed by atoms with E-state index in [2.05, 4.69) is 15.0 Å². The molecule has 0 fully saturated rings. The van der Waals surface area contributed by atoms with Crippen LogP contribution in [0.5, 0.6) is 0 Å². The molecular formula is C16H18F3N3O2. The van der Waals surface area contributed by atoms with Crippen LogP contribution in [-0.2, 0) is 24.0 Å². The summed E-state index contributed by atoms with van der Waals surface area (Å²) in [4.78, 5) is 15.5. The first-order valence-corrected chi connectivity index (χ1v) is 7.36. The van der Waals surface area contributed by atoms with Crippen molar-refractivity contribution in [2.45, 2.75) is 25.7 Å². The van der Waals surface area contributed by atoms with Gasteiger partial charge in [0.2, 0.25) is 0 Å². The highest BCUT2D eigenvalue weighted by molar-refractivity contribution is 5.89. The highest BCUT2D eigenvalue weighted by Crippen LogP contribution is 2.30. The van der Waals surface area contributed by atoms with Gasteiger partial charge in [-0.3, -0.25) is 0 Å². The molecule has 0 saturated carbocycles. The number of aryl methyl sites for hydroxylation is 1. The molecule has 1 N–H and O–H groups in total.